The van der Waals surface area contributed by atoms with Gasteiger partial charge >= 0.3 is 0 Å². The van der Waals surface area contributed by atoms with Crippen LogP contribution in [0.4, 0.5) is 11.4 Å². The van der Waals surface area contributed by atoms with Gasteiger partial charge < -0.3 is 11.1 Å². The first-order valence-electron chi connectivity index (χ1n) is 5.03. The van der Waals surface area contributed by atoms with Crippen molar-refractivity contribution in [1.82, 2.24) is 4.98 Å². The number of carbonyl (C=O) groups excluding carboxylic acids is 1. The highest BCUT2D eigenvalue weighted by Crippen LogP contribution is 2.18. The molecule has 4 nitrogen and oxygen atoms in total. The number of nitrogens with two attached hydrogens (primary N) is 1. The number of carbonyl (C=O) groups is 1. The van der Waals surface area contributed by atoms with E-state index in [1.807, 2.05) is 0 Å². The van der Waals surface area contributed by atoms with Gasteiger partial charge in [-0.15, -0.1) is 0 Å². The Labute approximate surface area is 117 Å². The molecule has 1 heterocycles. The topological polar surface area (TPSA) is 68.0 Å². The Hall–Kier alpha value is -1.59. The van der Waals surface area contributed by atoms with Crippen LogP contribution >= 0.6 is 27.5 Å². The number of nitrogen functional groups attached to an aromatic ring is 1. The summed E-state index contributed by atoms with van der Waals surface area (Å²) in [6, 6.07) is 8.18. The first-order valence-corrected chi connectivity index (χ1v) is 6.20. The fourth-order valence-electron chi connectivity index (χ4n) is 1.40. The van der Waals surface area contributed by atoms with Crippen molar-refractivity contribution in [3.8, 4) is 0 Å². The molecule has 0 saturated carbocycles. The molecule has 0 bridgehead atoms. The van der Waals surface area contributed by atoms with Crippen molar-refractivity contribution in [3.05, 3.63) is 51.7 Å². The largest absolute Gasteiger partial charge is 0.399 e. The zero-order chi connectivity index (χ0) is 13.1. The lowest BCUT2D eigenvalue weighted by atomic mass is 10.2. The second kappa shape index (κ2) is 5.37. The van der Waals surface area contributed by atoms with E-state index >= 15 is 0 Å². The highest BCUT2D eigenvalue weighted by Gasteiger charge is 2.08. The van der Waals surface area contributed by atoms with Gasteiger partial charge in [0, 0.05) is 16.3 Å². The number of benzene rings is 1. The van der Waals surface area contributed by atoms with Crippen LogP contribution < -0.4 is 11.1 Å². The number of nitrogens with zero attached hydrogens (tertiary/aromatic N) is 1. The molecule has 6 heteroatoms. The van der Waals surface area contributed by atoms with E-state index in [9.17, 15) is 4.79 Å². The number of anilines is 2. The highest BCUT2D eigenvalue weighted by molar-refractivity contribution is 9.10. The Morgan fingerprint density at radius 2 is 2.11 bits per heavy atom. The molecule has 0 aliphatic heterocycles. The maximum Gasteiger partial charge on any atom is 0.255 e. The average molecular weight is 327 g/mol. The third-order valence-corrected chi connectivity index (χ3v) is 2.85. The van der Waals surface area contributed by atoms with Crippen LogP contribution in [0.5, 0.6) is 0 Å². The maximum absolute atomic E-state index is 11.9. The zero-order valence-electron chi connectivity index (χ0n) is 9.15. The fraction of sp³-hybridized carbons (Fsp3) is 0. The molecule has 2 rings (SSSR count). The van der Waals surface area contributed by atoms with Crippen LogP contribution in [0.3, 0.4) is 0 Å². The molecule has 0 unspecified atom stereocenters. The molecule has 1 aromatic heterocycles. The Morgan fingerprint density at radius 1 is 1.33 bits per heavy atom. The molecule has 18 heavy (non-hydrogen) atoms. The van der Waals surface area contributed by atoms with E-state index in [4.69, 9.17) is 17.3 Å². The predicted molar refractivity (Wildman–Crippen MR) is 75.8 cm³/mol. The molecule has 0 saturated heterocycles. The number of aromatic nitrogens is 1. The molecule has 92 valence electrons. The van der Waals surface area contributed by atoms with Crippen LogP contribution in [0.1, 0.15) is 10.4 Å². The van der Waals surface area contributed by atoms with Crippen molar-refractivity contribution in [2.24, 2.45) is 0 Å². The van der Waals surface area contributed by atoms with Gasteiger partial charge in [0.25, 0.3) is 5.91 Å². The average Bonchev–Trinajstić information content (AvgIpc) is 2.31. The monoisotopic (exact) mass is 325 g/mol. The first-order chi connectivity index (χ1) is 8.54. The molecule has 1 amide bonds. The molecule has 2 aromatic rings. The summed E-state index contributed by atoms with van der Waals surface area (Å²) in [5, 5.41) is 3.13. The van der Waals surface area contributed by atoms with E-state index in [-0.39, 0.29) is 5.91 Å². The molecule has 0 fully saturated rings. The van der Waals surface area contributed by atoms with Gasteiger partial charge in [0.15, 0.2) is 0 Å². The third-order valence-electron chi connectivity index (χ3n) is 2.17. The molecule has 1 aromatic carbocycles. The van der Waals surface area contributed by atoms with E-state index in [0.717, 1.165) is 0 Å². The van der Waals surface area contributed by atoms with Crippen LogP contribution in [-0.2, 0) is 0 Å². The summed E-state index contributed by atoms with van der Waals surface area (Å²) in [7, 11) is 0. The van der Waals surface area contributed by atoms with E-state index in [1.165, 1.54) is 0 Å². The molecule has 3 N–H and O–H groups in total. The summed E-state index contributed by atoms with van der Waals surface area (Å²) in [5.41, 5.74) is 7.08. The van der Waals surface area contributed by atoms with E-state index < -0.39 is 0 Å². The van der Waals surface area contributed by atoms with Crippen molar-refractivity contribution in [2.75, 3.05) is 11.1 Å². The third kappa shape index (κ3) is 3.21. The lowest BCUT2D eigenvalue weighted by Crippen LogP contribution is -2.12. The van der Waals surface area contributed by atoms with Crippen molar-refractivity contribution in [2.45, 2.75) is 0 Å². The standard InChI is InChI=1S/C12H9BrClN3O/c13-11-2-1-10(6-16-11)17-12(18)7-3-8(14)5-9(15)4-7/h1-6H,15H2,(H,17,18). The molecule has 0 atom stereocenters. The second-order valence-electron chi connectivity index (χ2n) is 3.60. The molecule has 0 aliphatic carbocycles. The van der Waals surface area contributed by atoms with Gasteiger partial charge in [0.2, 0.25) is 0 Å². The fourth-order valence-corrected chi connectivity index (χ4v) is 1.87. The van der Waals surface area contributed by atoms with E-state index in [2.05, 4.69) is 26.2 Å². The lowest BCUT2D eigenvalue weighted by Gasteiger charge is -2.06. The minimum absolute atomic E-state index is 0.284. The summed E-state index contributed by atoms with van der Waals surface area (Å²) < 4.78 is 0.701. The normalized spacial score (nSPS) is 10.1. The van der Waals surface area contributed by atoms with E-state index in [0.29, 0.717) is 26.6 Å². The SMILES string of the molecule is Nc1cc(Cl)cc(C(=O)Nc2ccc(Br)nc2)c1. The second-order valence-corrected chi connectivity index (χ2v) is 4.85. The highest BCUT2D eigenvalue weighted by atomic mass is 79.9. The Morgan fingerprint density at radius 3 is 2.72 bits per heavy atom. The summed E-state index contributed by atoms with van der Waals surface area (Å²) in [5.74, 6) is -0.284. The lowest BCUT2D eigenvalue weighted by molar-refractivity contribution is 0.102. The van der Waals surface area contributed by atoms with Gasteiger partial charge in [-0.05, 0) is 46.3 Å². The summed E-state index contributed by atoms with van der Waals surface area (Å²) >= 11 is 9.06. The number of nitrogens with one attached hydrogen (secondary N) is 1. The first kappa shape index (κ1) is 12.9. The minimum Gasteiger partial charge on any atom is -0.399 e. The van der Waals surface area contributed by atoms with Crippen molar-refractivity contribution in [3.63, 3.8) is 0 Å². The summed E-state index contributed by atoms with van der Waals surface area (Å²) in [4.78, 5) is 16.0. The molecular formula is C12H9BrClN3O. The number of hydrogen-bond acceptors (Lipinski definition) is 3. The molecule has 0 radical (unpaired) electrons. The summed E-state index contributed by atoms with van der Waals surface area (Å²) in [6.45, 7) is 0. The number of pyridine rings is 1. The number of halogens is 2. The van der Waals surface area contributed by atoms with Crippen LogP contribution in [-0.4, -0.2) is 10.9 Å². The Kier molecular flexibility index (Phi) is 3.84. The minimum atomic E-state index is -0.284. The van der Waals surface area contributed by atoms with Crippen molar-refractivity contribution < 1.29 is 4.79 Å². The number of hydrogen-bond donors (Lipinski definition) is 2. The van der Waals surface area contributed by atoms with Gasteiger partial charge in [-0.25, -0.2) is 4.98 Å². The maximum atomic E-state index is 11.9. The quantitative estimate of drug-likeness (QED) is 0.657. The van der Waals surface area contributed by atoms with Crippen LogP contribution in [0.15, 0.2) is 41.1 Å². The molecule has 0 spiro atoms. The van der Waals surface area contributed by atoms with Gasteiger partial charge in [-0.3, -0.25) is 4.79 Å². The number of amides is 1. The van der Waals surface area contributed by atoms with Crippen LogP contribution in [0.2, 0.25) is 5.02 Å². The summed E-state index contributed by atoms with van der Waals surface area (Å²) in [6.07, 6.45) is 1.55. The smallest absolute Gasteiger partial charge is 0.255 e. The van der Waals surface area contributed by atoms with Crippen LogP contribution in [0, 0.1) is 0 Å². The molecule has 0 aliphatic rings. The van der Waals surface area contributed by atoms with Crippen LogP contribution in [0.25, 0.3) is 0 Å². The van der Waals surface area contributed by atoms with Gasteiger partial charge in [0.1, 0.15) is 4.60 Å². The zero-order valence-corrected chi connectivity index (χ0v) is 11.5. The van der Waals surface area contributed by atoms with Gasteiger partial charge in [-0.2, -0.15) is 0 Å². The van der Waals surface area contributed by atoms with Crippen molar-refractivity contribution in [1.29, 1.82) is 0 Å². The van der Waals surface area contributed by atoms with Crippen molar-refractivity contribution >= 4 is 44.8 Å². The predicted octanol–water partition coefficient (Wildman–Crippen LogP) is 3.33. The van der Waals surface area contributed by atoms with Gasteiger partial charge in [0.05, 0.1) is 11.9 Å². The number of rotatable bonds is 2. The van der Waals surface area contributed by atoms with E-state index in [1.54, 1.807) is 36.5 Å². The molecular weight excluding hydrogens is 318 g/mol. The Balaban J connectivity index is 2.19. The Bertz CT molecular complexity index is 566. The van der Waals surface area contributed by atoms with Gasteiger partial charge in [-0.1, -0.05) is 11.6 Å².